The van der Waals surface area contributed by atoms with Gasteiger partial charge in [0.15, 0.2) is 0 Å². The number of hydrogen-bond donors (Lipinski definition) is 1. The van der Waals surface area contributed by atoms with Gasteiger partial charge in [0.1, 0.15) is 5.75 Å². The van der Waals surface area contributed by atoms with Crippen molar-refractivity contribution in [2.75, 3.05) is 0 Å². The number of para-hydroxylation sites is 1. The average Bonchev–Trinajstić information content (AvgIpc) is 2.83. The Balaban J connectivity index is 2.00. The normalized spacial score (nSPS) is 10.8. The fourth-order valence-electron chi connectivity index (χ4n) is 2.26. The summed E-state index contributed by atoms with van der Waals surface area (Å²) in [6, 6.07) is 15.6. The van der Waals surface area contributed by atoms with Crippen LogP contribution in [0.3, 0.4) is 0 Å². The standard InChI is InChI=1S/C17H14BrNOS/c1-11-19-17(12-6-8-14(18)9-7-12)16(21-11)10-13-4-2-3-5-15(13)20/h2-9,20H,10H2,1H3. The summed E-state index contributed by atoms with van der Waals surface area (Å²) in [5, 5.41) is 11.0. The predicted molar refractivity (Wildman–Crippen MR) is 90.9 cm³/mol. The first kappa shape index (κ1) is 14.3. The number of aromatic nitrogens is 1. The van der Waals surface area contributed by atoms with Gasteiger partial charge in [-0.05, 0) is 30.7 Å². The number of hydrogen-bond acceptors (Lipinski definition) is 3. The van der Waals surface area contributed by atoms with E-state index in [-0.39, 0.29) is 0 Å². The van der Waals surface area contributed by atoms with Crippen molar-refractivity contribution in [1.29, 1.82) is 0 Å². The minimum atomic E-state index is 0.338. The van der Waals surface area contributed by atoms with E-state index in [0.717, 1.165) is 26.3 Å². The fraction of sp³-hybridized carbons (Fsp3) is 0.118. The number of thiazole rings is 1. The van der Waals surface area contributed by atoms with Gasteiger partial charge in [-0.3, -0.25) is 0 Å². The Morgan fingerprint density at radius 3 is 2.52 bits per heavy atom. The van der Waals surface area contributed by atoms with Gasteiger partial charge < -0.3 is 5.11 Å². The zero-order valence-electron chi connectivity index (χ0n) is 11.5. The molecule has 0 amide bonds. The summed E-state index contributed by atoms with van der Waals surface area (Å²) in [4.78, 5) is 5.84. The van der Waals surface area contributed by atoms with Gasteiger partial charge in [0.25, 0.3) is 0 Å². The lowest BCUT2D eigenvalue weighted by atomic mass is 10.1. The number of aromatic hydroxyl groups is 1. The maximum atomic E-state index is 9.95. The fourth-order valence-corrected chi connectivity index (χ4v) is 3.50. The molecule has 0 aliphatic heterocycles. The van der Waals surface area contributed by atoms with Crippen LogP contribution in [-0.4, -0.2) is 10.1 Å². The zero-order valence-corrected chi connectivity index (χ0v) is 13.9. The van der Waals surface area contributed by atoms with E-state index in [9.17, 15) is 5.11 Å². The summed E-state index contributed by atoms with van der Waals surface area (Å²) in [5.41, 5.74) is 3.04. The van der Waals surface area contributed by atoms with Gasteiger partial charge in [-0.2, -0.15) is 0 Å². The third-order valence-corrected chi connectivity index (χ3v) is 4.76. The Morgan fingerprint density at radius 2 is 1.81 bits per heavy atom. The Bertz CT molecular complexity index is 765. The van der Waals surface area contributed by atoms with Crippen molar-refractivity contribution in [3.05, 3.63) is 68.5 Å². The number of halogens is 1. The summed E-state index contributed by atoms with van der Waals surface area (Å²) in [6.07, 6.45) is 0.698. The molecule has 106 valence electrons. The molecule has 0 saturated heterocycles. The lowest BCUT2D eigenvalue weighted by molar-refractivity contribution is 0.469. The van der Waals surface area contributed by atoms with Crippen molar-refractivity contribution in [2.24, 2.45) is 0 Å². The summed E-state index contributed by atoms with van der Waals surface area (Å²) in [5.74, 6) is 0.338. The van der Waals surface area contributed by atoms with E-state index in [2.05, 4.69) is 33.0 Å². The van der Waals surface area contributed by atoms with Crippen LogP contribution in [0.1, 0.15) is 15.4 Å². The van der Waals surface area contributed by atoms with Crippen LogP contribution >= 0.6 is 27.3 Å². The maximum absolute atomic E-state index is 9.95. The third kappa shape index (κ3) is 3.17. The largest absolute Gasteiger partial charge is 0.508 e. The summed E-state index contributed by atoms with van der Waals surface area (Å²) >= 11 is 5.14. The van der Waals surface area contributed by atoms with Gasteiger partial charge in [0, 0.05) is 21.3 Å². The molecule has 0 atom stereocenters. The van der Waals surface area contributed by atoms with Gasteiger partial charge in [-0.15, -0.1) is 11.3 Å². The first-order valence-corrected chi connectivity index (χ1v) is 8.23. The van der Waals surface area contributed by atoms with Crippen molar-refractivity contribution in [3.63, 3.8) is 0 Å². The highest BCUT2D eigenvalue weighted by Crippen LogP contribution is 2.32. The second-order valence-corrected chi connectivity index (χ2v) is 7.02. The molecule has 2 nitrogen and oxygen atoms in total. The topological polar surface area (TPSA) is 33.1 Å². The predicted octanol–water partition coefficient (Wildman–Crippen LogP) is 5.18. The molecule has 0 saturated carbocycles. The highest BCUT2D eigenvalue weighted by atomic mass is 79.9. The van der Waals surface area contributed by atoms with E-state index in [1.807, 2.05) is 37.3 Å². The molecule has 0 spiro atoms. The zero-order chi connectivity index (χ0) is 14.8. The van der Waals surface area contributed by atoms with Crippen LogP contribution in [0.25, 0.3) is 11.3 Å². The van der Waals surface area contributed by atoms with Crippen molar-refractivity contribution < 1.29 is 5.11 Å². The van der Waals surface area contributed by atoms with Gasteiger partial charge in [-0.25, -0.2) is 4.98 Å². The molecule has 3 aromatic rings. The van der Waals surface area contributed by atoms with E-state index in [4.69, 9.17) is 0 Å². The van der Waals surface area contributed by atoms with Gasteiger partial charge in [0.2, 0.25) is 0 Å². The molecule has 0 fully saturated rings. The first-order valence-electron chi connectivity index (χ1n) is 6.62. The molecular weight excluding hydrogens is 346 g/mol. The highest BCUT2D eigenvalue weighted by Gasteiger charge is 2.13. The lowest BCUT2D eigenvalue weighted by Crippen LogP contribution is -1.89. The van der Waals surface area contributed by atoms with Gasteiger partial charge in [0.05, 0.1) is 10.7 Å². The average molecular weight is 360 g/mol. The molecular formula is C17H14BrNOS. The Morgan fingerprint density at radius 1 is 1.10 bits per heavy atom. The molecule has 0 aliphatic carbocycles. The van der Waals surface area contributed by atoms with E-state index in [1.54, 1.807) is 17.4 Å². The minimum absolute atomic E-state index is 0.338. The van der Waals surface area contributed by atoms with Crippen molar-refractivity contribution in [2.45, 2.75) is 13.3 Å². The van der Waals surface area contributed by atoms with Crippen LogP contribution in [0.15, 0.2) is 53.0 Å². The summed E-state index contributed by atoms with van der Waals surface area (Å²) in [6.45, 7) is 2.02. The Kier molecular flexibility index (Phi) is 4.08. The van der Waals surface area contributed by atoms with E-state index >= 15 is 0 Å². The second-order valence-electron chi connectivity index (χ2n) is 4.82. The monoisotopic (exact) mass is 359 g/mol. The van der Waals surface area contributed by atoms with Gasteiger partial charge in [-0.1, -0.05) is 46.3 Å². The molecule has 1 heterocycles. The second kappa shape index (κ2) is 6.00. The SMILES string of the molecule is Cc1nc(-c2ccc(Br)cc2)c(Cc2ccccc2O)s1. The van der Waals surface area contributed by atoms with Crippen LogP contribution in [0.2, 0.25) is 0 Å². The van der Waals surface area contributed by atoms with Crippen LogP contribution in [0.4, 0.5) is 0 Å². The molecule has 0 unspecified atom stereocenters. The Labute approximate surface area is 136 Å². The smallest absolute Gasteiger partial charge is 0.119 e. The molecule has 3 rings (SSSR count). The number of rotatable bonds is 3. The molecule has 1 N–H and O–H groups in total. The van der Waals surface area contributed by atoms with Crippen molar-refractivity contribution in [1.82, 2.24) is 4.98 Å². The third-order valence-electron chi connectivity index (χ3n) is 3.26. The number of nitrogens with zero attached hydrogens (tertiary/aromatic N) is 1. The van der Waals surface area contributed by atoms with Crippen LogP contribution in [0.5, 0.6) is 5.75 Å². The van der Waals surface area contributed by atoms with Crippen LogP contribution in [0, 0.1) is 6.92 Å². The highest BCUT2D eigenvalue weighted by molar-refractivity contribution is 9.10. The number of benzene rings is 2. The Hall–Kier alpha value is -1.65. The van der Waals surface area contributed by atoms with Crippen molar-refractivity contribution >= 4 is 27.3 Å². The van der Waals surface area contributed by atoms with E-state index in [0.29, 0.717) is 12.2 Å². The van der Waals surface area contributed by atoms with E-state index in [1.165, 1.54) is 4.88 Å². The first-order chi connectivity index (χ1) is 10.1. The molecule has 2 aromatic carbocycles. The maximum Gasteiger partial charge on any atom is 0.119 e. The minimum Gasteiger partial charge on any atom is -0.508 e. The van der Waals surface area contributed by atoms with Crippen LogP contribution in [-0.2, 0) is 6.42 Å². The quantitative estimate of drug-likeness (QED) is 0.698. The number of phenols is 1. The lowest BCUT2D eigenvalue weighted by Gasteiger charge is -2.05. The number of phenolic OH excluding ortho intramolecular Hbond substituents is 1. The number of aryl methyl sites for hydroxylation is 1. The van der Waals surface area contributed by atoms with E-state index < -0.39 is 0 Å². The molecule has 0 bridgehead atoms. The van der Waals surface area contributed by atoms with Crippen molar-refractivity contribution in [3.8, 4) is 17.0 Å². The summed E-state index contributed by atoms with van der Waals surface area (Å²) in [7, 11) is 0. The molecule has 21 heavy (non-hydrogen) atoms. The molecule has 0 aliphatic rings. The van der Waals surface area contributed by atoms with Crippen LogP contribution < -0.4 is 0 Å². The summed E-state index contributed by atoms with van der Waals surface area (Å²) < 4.78 is 1.06. The molecule has 0 radical (unpaired) electrons. The molecule has 1 aromatic heterocycles. The van der Waals surface area contributed by atoms with Gasteiger partial charge >= 0.3 is 0 Å². The molecule has 4 heteroatoms.